The second kappa shape index (κ2) is 19.5. The number of rotatable bonds is 11. The van der Waals surface area contributed by atoms with Gasteiger partial charge >= 0.3 is 5.97 Å². The summed E-state index contributed by atoms with van der Waals surface area (Å²) in [5.41, 5.74) is -0.820. The van der Waals surface area contributed by atoms with Crippen LogP contribution in [0.4, 0.5) is 0 Å². The smallest absolute Gasteiger partial charge is 0.309 e. The van der Waals surface area contributed by atoms with E-state index in [4.69, 9.17) is 47.4 Å². The third-order valence-electron chi connectivity index (χ3n) is 12.3. The fourth-order valence-corrected chi connectivity index (χ4v) is 8.48. The summed E-state index contributed by atoms with van der Waals surface area (Å²) in [5.74, 6) is -3.63. The summed E-state index contributed by atoms with van der Waals surface area (Å²) in [5, 5.41) is 33.6. The largest absolute Gasteiger partial charge is 0.457 e. The first-order valence-electron chi connectivity index (χ1n) is 20.3. The number of aliphatic hydroxyl groups excluding tert-OH is 2. The van der Waals surface area contributed by atoms with Crippen molar-refractivity contribution in [1.82, 2.24) is 0 Å². The Morgan fingerprint density at radius 2 is 1.49 bits per heavy atom. The molecule has 0 aromatic rings. The van der Waals surface area contributed by atoms with Crippen LogP contribution in [0.25, 0.3) is 0 Å². The standard InChI is InChI=1S/C42H66O15/c1-22(2)15-13-11-12-14-16-31-41(6,7)32-17-23(3)42(47,57-32)30(44)19-26-18-28(24(4)29(53-26)20-33(45)55-31)54-39-37(49-9)35(27(43)21-51-39)56-40-38(50-10)36(48-8)34(46)25(5)52-40/h11-16,22-29,31-32,34-40,43,46-47H,17-21H2,1-10H3/b12-11+,15-13+,16-14+/t23-,24-,25-,26-,27-,28-,29+,31-,32-,34-,35-,36+,37+,38-,39+,40+,42-/m1/s1. The van der Waals surface area contributed by atoms with Crippen LogP contribution >= 0.6 is 0 Å². The molecular weight excluding hydrogens is 744 g/mol. The molecule has 15 nitrogen and oxygen atoms in total. The van der Waals surface area contributed by atoms with Gasteiger partial charge in [-0.25, -0.2) is 0 Å². The van der Waals surface area contributed by atoms with Crippen LogP contribution in [0, 0.1) is 23.2 Å². The summed E-state index contributed by atoms with van der Waals surface area (Å²) in [6.45, 7) is 13.2. The van der Waals surface area contributed by atoms with Gasteiger partial charge in [-0.3, -0.25) is 9.59 Å². The van der Waals surface area contributed by atoms with Gasteiger partial charge in [-0.1, -0.05) is 71.9 Å². The van der Waals surface area contributed by atoms with Gasteiger partial charge < -0.3 is 62.7 Å². The number of Topliss-reactive ketones (excluding diaryl/α,β-unsaturated/α-hetero) is 1. The number of fused-ring (bicyclic) bond motifs is 4. The average molecular weight is 811 g/mol. The Balaban J connectivity index is 1.38. The highest BCUT2D eigenvalue weighted by molar-refractivity contribution is 5.86. The molecule has 4 bridgehead atoms. The third-order valence-corrected chi connectivity index (χ3v) is 12.3. The van der Waals surface area contributed by atoms with Crippen molar-refractivity contribution in [2.75, 3.05) is 27.9 Å². The molecule has 5 aliphatic heterocycles. The summed E-state index contributed by atoms with van der Waals surface area (Å²) in [6, 6.07) is 0. The van der Waals surface area contributed by atoms with Gasteiger partial charge in [0, 0.05) is 51.4 Å². The van der Waals surface area contributed by atoms with E-state index in [1.54, 1.807) is 19.9 Å². The van der Waals surface area contributed by atoms with Gasteiger partial charge in [0.2, 0.25) is 5.79 Å². The second-order valence-electron chi connectivity index (χ2n) is 17.1. The number of hydrogen-bond donors (Lipinski definition) is 3. The number of carbonyl (C=O) groups excluding carboxylic acids is 2. The SMILES string of the molecule is CO[C@@H]1[C@H](O[C@@H]2C[C@@H]3CC(=O)[C@]4(O)O[C@H](C[C@H]4C)C(C)(C)[C@@H](/C=C/C=C/C=C/C(C)C)OC(=O)C[C@H](O3)[C@@H]2C)OC[C@@H](O)[C@H]1O[C@@H]1O[C@H](C)[C@@H](O)[C@H](OC)[C@H]1OC. The number of allylic oxidation sites excluding steroid dienone is 5. The first kappa shape index (κ1) is 46.0. The fraction of sp³-hybridized carbons (Fsp3) is 0.810. The highest BCUT2D eigenvalue weighted by atomic mass is 16.7. The summed E-state index contributed by atoms with van der Waals surface area (Å²) in [4.78, 5) is 27.8. The zero-order chi connectivity index (χ0) is 41.8. The number of ketones is 1. The van der Waals surface area contributed by atoms with E-state index in [-0.39, 0.29) is 25.9 Å². The Morgan fingerprint density at radius 1 is 0.825 bits per heavy atom. The number of hydrogen-bond acceptors (Lipinski definition) is 15. The summed E-state index contributed by atoms with van der Waals surface area (Å²) in [7, 11) is 4.34. The van der Waals surface area contributed by atoms with Crippen molar-refractivity contribution in [3.8, 4) is 0 Å². The molecule has 5 rings (SSSR count). The molecular formula is C42H66O15. The third kappa shape index (κ3) is 10.3. The van der Waals surface area contributed by atoms with Gasteiger partial charge in [0.25, 0.3) is 0 Å². The van der Waals surface area contributed by atoms with Crippen molar-refractivity contribution < 1.29 is 72.3 Å². The van der Waals surface area contributed by atoms with E-state index in [1.165, 1.54) is 21.3 Å². The molecule has 5 fully saturated rings. The quantitative estimate of drug-likeness (QED) is 0.204. The Bertz CT molecular complexity index is 1430. The molecule has 324 valence electrons. The highest BCUT2D eigenvalue weighted by Crippen LogP contribution is 2.46. The van der Waals surface area contributed by atoms with E-state index in [0.29, 0.717) is 12.3 Å². The summed E-state index contributed by atoms with van der Waals surface area (Å²) >= 11 is 0. The summed E-state index contributed by atoms with van der Waals surface area (Å²) < 4.78 is 60.8. The lowest BCUT2D eigenvalue weighted by Gasteiger charge is -2.47. The highest BCUT2D eigenvalue weighted by Gasteiger charge is 2.57. The maximum absolute atomic E-state index is 14.0. The Labute approximate surface area is 336 Å². The first-order chi connectivity index (χ1) is 26.9. The molecule has 5 heterocycles. The lowest BCUT2D eigenvalue weighted by atomic mass is 9.77. The number of esters is 1. The predicted octanol–water partition coefficient (Wildman–Crippen LogP) is 3.16. The number of ether oxygens (including phenoxy) is 10. The topological polar surface area (TPSA) is 187 Å². The predicted molar refractivity (Wildman–Crippen MR) is 204 cm³/mol. The van der Waals surface area contributed by atoms with Crippen LogP contribution in [-0.2, 0) is 57.0 Å². The molecule has 3 N–H and O–H groups in total. The molecule has 5 saturated heterocycles. The molecule has 0 amide bonds. The average Bonchev–Trinajstić information content (AvgIpc) is 3.48. The molecule has 0 aliphatic carbocycles. The lowest BCUT2D eigenvalue weighted by molar-refractivity contribution is -0.357. The van der Waals surface area contributed by atoms with E-state index in [2.05, 4.69) is 19.9 Å². The fourth-order valence-electron chi connectivity index (χ4n) is 8.48. The monoisotopic (exact) mass is 810 g/mol. The molecule has 0 radical (unpaired) electrons. The normalized spacial score (nSPS) is 44.7. The molecule has 0 saturated carbocycles. The molecule has 0 aromatic carbocycles. The van der Waals surface area contributed by atoms with Crippen molar-refractivity contribution >= 4 is 11.8 Å². The van der Waals surface area contributed by atoms with E-state index in [0.717, 1.165) is 0 Å². The van der Waals surface area contributed by atoms with Crippen molar-refractivity contribution in [3.63, 3.8) is 0 Å². The zero-order valence-corrected chi connectivity index (χ0v) is 35.1. The molecule has 57 heavy (non-hydrogen) atoms. The maximum atomic E-state index is 14.0. The van der Waals surface area contributed by atoms with Crippen LogP contribution in [0.15, 0.2) is 36.5 Å². The van der Waals surface area contributed by atoms with Crippen molar-refractivity contribution in [2.45, 2.75) is 166 Å². The van der Waals surface area contributed by atoms with Crippen molar-refractivity contribution in [1.29, 1.82) is 0 Å². The summed E-state index contributed by atoms with van der Waals surface area (Å²) in [6.07, 6.45) is -0.308. The van der Waals surface area contributed by atoms with E-state index < -0.39 is 121 Å². The van der Waals surface area contributed by atoms with Gasteiger partial charge in [0.1, 0.15) is 42.7 Å². The van der Waals surface area contributed by atoms with Crippen molar-refractivity contribution in [3.05, 3.63) is 36.5 Å². The zero-order valence-electron chi connectivity index (χ0n) is 35.1. The van der Waals surface area contributed by atoms with Gasteiger partial charge in [0.05, 0.1) is 43.5 Å². The van der Waals surface area contributed by atoms with Gasteiger partial charge in [-0.05, 0) is 25.3 Å². The lowest BCUT2D eigenvalue weighted by Crippen LogP contribution is -2.63. The van der Waals surface area contributed by atoms with E-state index in [9.17, 15) is 24.9 Å². The molecule has 17 atom stereocenters. The Kier molecular flexibility index (Phi) is 15.7. The van der Waals surface area contributed by atoms with Crippen LogP contribution < -0.4 is 0 Å². The van der Waals surface area contributed by atoms with Crippen LogP contribution in [0.2, 0.25) is 0 Å². The van der Waals surface area contributed by atoms with Gasteiger partial charge in [0.15, 0.2) is 18.4 Å². The minimum Gasteiger partial charge on any atom is -0.457 e. The molecule has 5 aliphatic rings. The van der Waals surface area contributed by atoms with Gasteiger partial charge in [-0.2, -0.15) is 0 Å². The molecule has 15 heteroatoms. The van der Waals surface area contributed by atoms with Gasteiger partial charge in [-0.15, -0.1) is 0 Å². The van der Waals surface area contributed by atoms with E-state index >= 15 is 0 Å². The number of aliphatic hydroxyl groups is 3. The van der Waals surface area contributed by atoms with Crippen molar-refractivity contribution in [2.24, 2.45) is 23.2 Å². The number of methoxy groups -OCH3 is 3. The number of cyclic esters (lactones) is 1. The maximum Gasteiger partial charge on any atom is 0.309 e. The Morgan fingerprint density at radius 3 is 2.16 bits per heavy atom. The minimum atomic E-state index is -2.07. The van der Waals surface area contributed by atoms with Crippen LogP contribution in [0.3, 0.4) is 0 Å². The molecule has 0 spiro atoms. The molecule has 0 aromatic heterocycles. The molecule has 0 unspecified atom stereocenters. The Hall–Kier alpha value is -2.12. The van der Waals surface area contributed by atoms with Crippen LogP contribution in [0.1, 0.15) is 74.1 Å². The second-order valence-corrected chi connectivity index (χ2v) is 17.1. The van der Waals surface area contributed by atoms with Crippen LogP contribution in [-0.4, -0.2) is 147 Å². The minimum absolute atomic E-state index is 0.128. The number of carbonyl (C=O) groups is 2. The van der Waals surface area contributed by atoms with E-state index in [1.807, 2.05) is 45.1 Å². The first-order valence-corrected chi connectivity index (χ1v) is 20.3. The van der Waals surface area contributed by atoms with Crippen LogP contribution in [0.5, 0.6) is 0 Å².